The Kier molecular flexibility index (Phi) is 7.20. The lowest BCUT2D eigenvalue weighted by Crippen LogP contribution is -2.67. The highest BCUT2D eigenvalue weighted by molar-refractivity contribution is 6.00. The van der Waals surface area contributed by atoms with Crippen molar-refractivity contribution in [1.82, 2.24) is 20.1 Å². The molecule has 1 amide bonds. The van der Waals surface area contributed by atoms with E-state index in [2.05, 4.69) is 15.2 Å². The molecule has 0 N–H and O–H groups in total. The second-order valence-corrected chi connectivity index (χ2v) is 9.35. The number of carbonyl (C=O) groups excluding carboxylic acids is 1. The number of alkyl halides is 3. The van der Waals surface area contributed by atoms with Crippen molar-refractivity contribution in [3.63, 3.8) is 0 Å². The summed E-state index contributed by atoms with van der Waals surface area (Å²) in [6.45, 7) is 1.89. The van der Waals surface area contributed by atoms with Gasteiger partial charge in [0.2, 0.25) is 11.6 Å². The molecule has 12 heteroatoms. The number of hydrogen-bond donors (Lipinski definition) is 0. The van der Waals surface area contributed by atoms with Crippen LogP contribution in [-0.4, -0.2) is 64.5 Å². The van der Waals surface area contributed by atoms with Crippen LogP contribution in [0, 0.1) is 11.7 Å². The van der Waals surface area contributed by atoms with Crippen LogP contribution in [0.15, 0.2) is 47.0 Å². The first-order valence-electron chi connectivity index (χ1n) is 11.9. The minimum atomic E-state index is -2.90. The van der Waals surface area contributed by atoms with Crippen LogP contribution in [-0.2, 0) is 16.1 Å². The maximum Gasteiger partial charge on any atom is 0.314 e. The zero-order valence-electron chi connectivity index (χ0n) is 19.8. The fourth-order valence-electron chi connectivity index (χ4n) is 4.63. The Morgan fingerprint density at radius 3 is 2.59 bits per heavy atom. The van der Waals surface area contributed by atoms with Crippen molar-refractivity contribution in [2.45, 2.75) is 31.5 Å². The second-order valence-electron chi connectivity index (χ2n) is 9.35. The number of amides is 1. The van der Waals surface area contributed by atoms with Crippen LogP contribution < -0.4 is 4.90 Å². The van der Waals surface area contributed by atoms with Crippen molar-refractivity contribution in [2.75, 3.05) is 37.7 Å². The number of rotatable bonds is 8. The topological polar surface area (TPSA) is 84.6 Å². The van der Waals surface area contributed by atoms with Crippen molar-refractivity contribution >= 4 is 11.6 Å². The molecule has 196 valence electrons. The van der Waals surface area contributed by atoms with Gasteiger partial charge in [0.25, 0.3) is 11.8 Å². The molecule has 3 aromatic rings. The van der Waals surface area contributed by atoms with Gasteiger partial charge in [-0.2, -0.15) is 8.78 Å². The van der Waals surface area contributed by atoms with Crippen LogP contribution >= 0.6 is 0 Å². The highest BCUT2D eigenvalue weighted by Crippen LogP contribution is 2.33. The molecule has 2 aliphatic rings. The number of likely N-dealkylation sites (tertiary alicyclic amines) is 1. The third kappa shape index (κ3) is 5.64. The quantitative estimate of drug-likeness (QED) is 0.413. The Hall–Kier alpha value is -3.38. The molecule has 0 aliphatic carbocycles. The molecule has 5 rings (SSSR count). The number of ether oxygens (including phenoxy) is 1. The van der Waals surface area contributed by atoms with Crippen LogP contribution in [0.4, 0.5) is 23.2 Å². The normalized spacial score (nSPS) is 18.1. The van der Waals surface area contributed by atoms with Crippen LogP contribution in [0.5, 0.6) is 0 Å². The van der Waals surface area contributed by atoms with Gasteiger partial charge in [-0.3, -0.25) is 14.7 Å². The molecule has 2 aromatic heterocycles. The molecule has 0 bridgehead atoms. The molecule has 8 nitrogen and oxygen atoms in total. The molecular formula is C25H25F4N5O3. The van der Waals surface area contributed by atoms with Gasteiger partial charge in [-0.05, 0) is 49.1 Å². The van der Waals surface area contributed by atoms with Crippen molar-refractivity contribution in [1.29, 1.82) is 0 Å². The SMILES string of the molecule is O=C(N(Cc1ccc(-c2nnc(C(F)F)o2)cn1)c1cccc(F)c1)C1(F)CN(CC2CCOCC2)C1. The number of pyridine rings is 1. The van der Waals surface area contributed by atoms with E-state index in [9.17, 15) is 18.0 Å². The minimum Gasteiger partial charge on any atom is -0.415 e. The van der Waals surface area contributed by atoms with Gasteiger partial charge in [-0.1, -0.05) is 6.07 Å². The Balaban J connectivity index is 1.31. The van der Waals surface area contributed by atoms with E-state index in [1.54, 1.807) is 0 Å². The van der Waals surface area contributed by atoms with E-state index < -0.39 is 29.7 Å². The molecule has 0 atom stereocenters. The van der Waals surface area contributed by atoms with Crippen LogP contribution in [0.3, 0.4) is 0 Å². The highest BCUT2D eigenvalue weighted by Gasteiger charge is 2.52. The summed E-state index contributed by atoms with van der Waals surface area (Å²) in [5, 5.41) is 6.86. The van der Waals surface area contributed by atoms with E-state index in [1.807, 2.05) is 4.90 Å². The van der Waals surface area contributed by atoms with E-state index in [0.29, 0.717) is 36.9 Å². The van der Waals surface area contributed by atoms with Gasteiger partial charge >= 0.3 is 6.43 Å². The van der Waals surface area contributed by atoms with Gasteiger partial charge in [0.05, 0.1) is 17.8 Å². The first-order chi connectivity index (χ1) is 17.8. The minimum absolute atomic E-state index is 0.0367. The van der Waals surface area contributed by atoms with Crippen LogP contribution in [0.25, 0.3) is 11.5 Å². The summed E-state index contributed by atoms with van der Waals surface area (Å²) in [6, 6.07) is 8.43. The van der Waals surface area contributed by atoms with E-state index in [1.165, 1.54) is 47.5 Å². The zero-order chi connectivity index (χ0) is 26.0. The van der Waals surface area contributed by atoms with Gasteiger partial charge in [0, 0.05) is 44.7 Å². The third-order valence-corrected chi connectivity index (χ3v) is 6.57. The number of hydrogen-bond acceptors (Lipinski definition) is 7. The Morgan fingerprint density at radius 2 is 1.95 bits per heavy atom. The summed E-state index contributed by atoms with van der Waals surface area (Å²) in [5.74, 6) is -1.86. The van der Waals surface area contributed by atoms with E-state index in [0.717, 1.165) is 12.8 Å². The molecule has 4 heterocycles. The number of halogens is 4. The Labute approximate surface area is 210 Å². The highest BCUT2D eigenvalue weighted by atomic mass is 19.3. The maximum atomic E-state index is 15.7. The van der Waals surface area contributed by atoms with Crippen molar-refractivity contribution < 1.29 is 31.5 Å². The molecule has 2 saturated heterocycles. The van der Waals surface area contributed by atoms with E-state index in [-0.39, 0.29) is 31.2 Å². The lowest BCUT2D eigenvalue weighted by molar-refractivity contribution is -0.143. The molecule has 1 aromatic carbocycles. The lowest BCUT2D eigenvalue weighted by Gasteiger charge is -2.46. The van der Waals surface area contributed by atoms with Gasteiger partial charge in [-0.25, -0.2) is 8.78 Å². The Bertz CT molecular complexity index is 1230. The average Bonchev–Trinajstić information content (AvgIpc) is 3.38. The average molecular weight is 519 g/mol. The molecule has 37 heavy (non-hydrogen) atoms. The molecule has 2 aliphatic heterocycles. The van der Waals surface area contributed by atoms with Crippen LogP contribution in [0.2, 0.25) is 0 Å². The smallest absolute Gasteiger partial charge is 0.314 e. The lowest BCUT2D eigenvalue weighted by atomic mass is 9.90. The summed E-state index contributed by atoms with van der Waals surface area (Å²) < 4.78 is 65.5. The molecule has 0 radical (unpaired) electrons. The van der Waals surface area contributed by atoms with Gasteiger partial charge in [0.1, 0.15) is 5.82 Å². The molecule has 0 saturated carbocycles. The third-order valence-electron chi connectivity index (χ3n) is 6.57. The summed E-state index contributed by atoms with van der Waals surface area (Å²) in [7, 11) is 0. The number of carbonyl (C=O) groups is 1. The number of benzene rings is 1. The Morgan fingerprint density at radius 1 is 1.16 bits per heavy atom. The predicted octanol–water partition coefficient (Wildman–Crippen LogP) is 4.19. The van der Waals surface area contributed by atoms with Crippen molar-refractivity contribution in [3.05, 3.63) is 60.0 Å². The number of nitrogens with zero attached hydrogens (tertiary/aromatic N) is 5. The number of aromatic nitrogens is 3. The molecule has 0 unspecified atom stereocenters. The molecule has 2 fully saturated rings. The van der Waals surface area contributed by atoms with E-state index >= 15 is 4.39 Å². The monoisotopic (exact) mass is 519 g/mol. The summed E-state index contributed by atoms with van der Waals surface area (Å²) in [4.78, 5) is 20.8. The summed E-state index contributed by atoms with van der Waals surface area (Å²) >= 11 is 0. The first kappa shape index (κ1) is 25.3. The standard InChI is InChI=1S/C25H25F4N5O3/c26-18-2-1-3-20(10-18)34(24(35)25(29)14-33(15-25)12-16-6-8-36-9-7-16)13-19-5-4-17(11-30-19)22-31-32-23(37-22)21(27)28/h1-5,10-11,16,21H,6-9,12-15H2. The largest absolute Gasteiger partial charge is 0.415 e. The van der Waals surface area contributed by atoms with Gasteiger partial charge in [0.15, 0.2) is 0 Å². The van der Waals surface area contributed by atoms with Gasteiger partial charge in [-0.15, -0.1) is 10.2 Å². The summed E-state index contributed by atoms with van der Waals surface area (Å²) in [6.07, 6.45) is 0.254. The number of anilines is 1. The molecular weight excluding hydrogens is 494 g/mol. The fourth-order valence-corrected chi connectivity index (χ4v) is 4.63. The predicted molar refractivity (Wildman–Crippen MR) is 124 cm³/mol. The van der Waals surface area contributed by atoms with Gasteiger partial charge < -0.3 is 14.1 Å². The zero-order valence-corrected chi connectivity index (χ0v) is 19.8. The van der Waals surface area contributed by atoms with Crippen LogP contribution in [0.1, 0.15) is 30.9 Å². The second kappa shape index (κ2) is 10.5. The molecule has 0 spiro atoms. The fraction of sp³-hybridized carbons (Fsp3) is 0.440. The van der Waals surface area contributed by atoms with Crippen molar-refractivity contribution in [3.8, 4) is 11.5 Å². The van der Waals surface area contributed by atoms with Crippen molar-refractivity contribution in [2.24, 2.45) is 5.92 Å². The first-order valence-corrected chi connectivity index (χ1v) is 11.9. The summed E-state index contributed by atoms with van der Waals surface area (Å²) in [5.41, 5.74) is -1.23. The van der Waals surface area contributed by atoms with E-state index in [4.69, 9.17) is 9.15 Å². The maximum absolute atomic E-state index is 15.7.